The highest BCUT2D eigenvalue weighted by Gasteiger charge is 2.36. The van der Waals surface area contributed by atoms with Crippen LogP contribution in [-0.4, -0.2) is 47.3 Å². The van der Waals surface area contributed by atoms with E-state index in [2.05, 4.69) is 0 Å². The van der Waals surface area contributed by atoms with E-state index < -0.39 is 0 Å². The van der Waals surface area contributed by atoms with Gasteiger partial charge in [-0.3, -0.25) is 9.59 Å². The first-order valence-electron chi connectivity index (χ1n) is 5.79. The van der Waals surface area contributed by atoms with E-state index in [9.17, 15) is 9.59 Å². The predicted octanol–water partition coefficient (Wildman–Crippen LogP) is 0.620. The van der Waals surface area contributed by atoms with Gasteiger partial charge in [-0.2, -0.15) is 0 Å². The number of amides is 2. The average Bonchev–Trinajstić information content (AvgIpc) is 3.01. The van der Waals surface area contributed by atoms with Gasteiger partial charge in [-0.15, -0.1) is 0 Å². The molecule has 0 N–H and O–H groups in total. The molecule has 2 amide bonds. The fraction of sp³-hybridized carbons (Fsp3) is 0.818. The fourth-order valence-corrected chi connectivity index (χ4v) is 2.04. The summed E-state index contributed by atoms with van der Waals surface area (Å²) < 4.78 is 0. The Labute approximate surface area is 90.2 Å². The molecule has 0 aromatic carbocycles. The van der Waals surface area contributed by atoms with Crippen molar-refractivity contribution in [2.45, 2.75) is 38.6 Å². The smallest absolute Gasteiger partial charge is 0.242 e. The SMILES string of the molecule is CCCC(=O)N1CCN(C2CC2)C(=O)C1. The molecular weight excluding hydrogens is 192 g/mol. The van der Waals surface area contributed by atoms with E-state index in [-0.39, 0.29) is 11.8 Å². The maximum Gasteiger partial charge on any atom is 0.242 e. The van der Waals surface area contributed by atoms with Gasteiger partial charge in [0.1, 0.15) is 0 Å². The Balaban J connectivity index is 1.87. The van der Waals surface area contributed by atoms with Crippen LogP contribution in [0.2, 0.25) is 0 Å². The molecule has 4 heteroatoms. The summed E-state index contributed by atoms with van der Waals surface area (Å²) >= 11 is 0. The summed E-state index contributed by atoms with van der Waals surface area (Å²) in [6.45, 7) is 3.75. The number of piperazine rings is 1. The van der Waals surface area contributed by atoms with Crippen molar-refractivity contribution < 1.29 is 9.59 Å². The molecule has 15 heavy (non-hydrogen) atoms. The van der Waals surface area contributed by atoms with E-state index in [0.29, 0.717) is 19.0 Å². The lowest BCUT2D eigenvalue weighted by molar-refractivity contribution is -0.145. The van der Waals surface area contributed by atoms with Crippen molar-refractivity contribution in [2.24, 2.45) is 0 Å². The van der Waals surface area contributed by atoms with Crippen molar-refractivity contribution >= 4 is 11.8 Å². The van der Waals surface area contributed by atoms with Crippen LogP contribution < -0.4 is 0 Å². The third-order valence-electron chi connectivity index (χ3n) is 3.06. The van der Waals surface area contributed by atoms with Crippen LogP contribution in [-0.2, 0) is 9.59 Å². The first kappa shape index (κ1) is 10.5. The Morgan fingerprint density at radius 2 is 2.13 bits per heavy atom. The van der Waals surface area contributed by atoms with Gasteiger partial charge in [0.05, 0.1) is 6.54 Å². The topological polar surface area (TPSA) is 40.6 Å². The highest BCUT2D eigenvalue weighted by molar-refractivity contribution is 5.86. The minimum atomic E-state index is 0.126. The predicted molar refractivity (Wildman–Crippen MR) is 56.2 cm³/mol. The molecule has 0 radical (unpaired) electrons. The molecule has 2 fully saturated rings. The van der Waals surface area contributed by atoms with Crippen LogP contribution in [0.1, 0.15) is 32.6 Å². The Morgan fingerprint density at radius 1 is 1.40 bits per heavy atom. The molecule has 4 nitrogen and oxygen atoms in total. The maximum absolute atomic E-state index is 11.7. The zero-order valence-corrected chi connectivity index (χ0v) is 9.24. The van der Waals surface area contributed by atoms with Crippen molar-refractivity contribution in [3.05, 3.63) is 0 Å². The summed E-state index contributed by atoms with van der Waals surface area (Å²) in [5.74, 6) is 0.259. The Morgan fingerprint density at radius 3 is 2.67 bits per heavy atom. The summed E-state index contributed by atoms with van der Waals surface area (Å²) in [6.07, 6.45) is 3.72. The van der Waals surface area contributed by atoms with Crippen molar-refractivity contribution in [1.29, 1.82) is 0 Å². The van der Waals surface area contributed by atoms with Crippen LogP contribution in [0.3, 0.4) is 0 Å². The van der Waals surface area contributed by atoms with Crippen LogP contribution in [0.25, 0.3) is 0 Å². The second-order valence-corrected chi connectivity index (χ2v) is 4.38. The Kier molecular flexibility index (Phi) is 2.93. The van der Waals surface area contributed by atoms with Crippen molar-refractivity contribution in [1.82, 2.24) is 9.80 Å². The molecule has 1 aliphatic heterocycles. The third kappa shape index (κ3) is 2.30. The van der Waals surface area contributed by atoms with E-state index in [0.717, 1.165) is 32.4 Å². The second kappa shape index (κ2) is 4.21. The number of carbonyl (C=O) groups is 2. The molecule has 0 unspecified atom stereocenters. The quantitative estimate of drug-likeness (QED) is 0.685. The molecule has 0 aromatic rings. The highest BCUT2D eigenvalue weighted by Crippen LogP contribution is 2.28. The van der Waals surface area contributed by atoms with E-state index in [1.165, 1.54) is 0 Å². The van der Waals surface area contributed by atoms with Gasteiger partial charge in [0.15, 0.2) is 0 Å². The molecule has 1 heterocycles. The summed E-state index contributed by atoms with van der Waals surface area (Å²) in [5, 5.41) is 0. The lowest BCUT2D eigenvalue weighted by Gasteiger charge is -2.34. The third-order valence-corrected chi connectivity index (χ3v) is 3.06. The van der Waals surface area contributed by atoms with Gasteiger partial charge < -0.3 is 9.80 Å². The van der Waals surface area contributed by atoms with Crippen LogP contribution in [0, 0.1) is 0 Å². The van der Waals surface area contributed by atoms with E-state index >= 15 is 0 Å². The molecule has 2 aliphatic rings. The number of hydrogen-bond acceptors (Lipinski definition) is 2. The number of hydrogen-bond donors (Lipinski definition) is 0. The van der Waals surface area contributed by atoms with Crippen LogP contribution in [0.5, 0.6) is 0 Å². The summed E-state index contributed by atoms with van der Waals surface area (Å²) in [4.78, 5) is 27.0. The molecule has 0 bridgehead atoms. The normalized spacial score (nSPS) is 22.1. The molecule has 1 saturated heterocycles. The van der Waals surface area contributed by atoms with Crippen molar-refractivity contribution in [2.75, 3.05) is 19.6 Å². The van der Waals surface area contributed by atoms with Gasteiger partial charge >= 0.3 is 0 Å². The zero-order valence-electron chi connectivity index (χ0n) is 9.24. The van der Waals surface area contributed by atoms with Crippen LogP contribution in [0.15, 0.2) is 0 Å². The summed E-state index contributed by atoms with van der Waals surface area (Å²) in [5.41, 5.74) is 0. The van der Waals surface area contributed by atoms with Crippen LogP contribution in [0.4, 0.5) is 0 Å². The summed E-state index contributed by atoms with van der Waals surface area (Å²) in [6, 6.07) is 0.487. The van der Waals surface area contributed by atoms with Gasteiger partial charge in [0, 0.05) is 25.6 Å². The molecule has 84 valence electrons. The molecular formula is C11H18N2O2. The molecule has 0 spiro atoms. The molecule has 0 atom stereocenters. The maximum atomic E-state index is 11.7. The number of nitrogens with zero attached hydrogens (tertiary/aromatic N) is 2. The van der Waals surface area contributed by atoms with E-state index in [1.807, 2.05) is 11.8 Å². The summed E-state index contributed by atoms with van der Waals surface area (Å²) in [7, 11) is 0. The van der Waals surface area contributed by atoms with Gasteiger partial charge in [-0.05, 0) is 19.3 Å². The minimum absolute atomic E-state index is 0.126. The first-order valence-corrected chi connectivity index (χ1v) is 5.79. The van der Waals surface area contributed by atoms with Crippen molar-refractivity contribution in [3.63, 3.8) is 0 Å². The van der Waals surface area contributed by atoms with Crippen LogP contribution >= 0.6 is 0 Å². The molecule has 1 aliphatic carbocycles. The largest absolute Gasteiger partial charge is 0.336 e. The average molecular weight is 210 g/mol. The van der Waals surface area contributed by atoms with Crippen molar-refractivity contribution in [3.8, 4) is 0 Å². The Hall–Kier alpha value is -1.06. The zero-order chi connectivity index (χ0) is 10.8. The number of rotatable bonds is 3. The monoisotopic (exact) mass is 210 g/mol. The van der Waals surface area contributed by atoms with Gasteiger partial charge in [0.2, 0.25) is 11.8 Å². The first-order chi connectivity index (χ1) is 7.22. The minimum Gasteiger partial charge on any atom is -0.336 e. The highest BCUT2D eigenvalue weighted by atomic mass is 16.2. The standard InChI is InChI=1S/C11H18N2O2/c1-2-3-10(14)12-6-7-13(9-4-5-9)11(15)8-12/h9H,2-8H2,1H3. The fourth-order valence-electron chi connectivity index (χ4n) is 2.04. The Bertz CT molecular complexity index is 274. The lowest BCUT2D eigenvalue weighted by atomic mass is 10.2. The van der Waals surface area contributed by atoms with Gasteiger partial charge in [-0.1, -0.05) is 6.92 Å². The van der Waals surface area contributed by atoms with Gasteiger partial charge in [-0.25, -0.2) is 0 Å². The number of carbonyl (C=O) groups excluding carboxylic acids is 2. The van der Waals surface area contributed by atoms with E-state index in [1.54, 1.807) is 4.90 Å². The molecule has 2 rings (SSSR count). The lowest BCUT2D eigenvalue weighted by Crippen LogP contribution is -2.52. The van der Waals surface area contributed by atoms with Gasteiger partial charge in [0.25, 0.3) is 0 Å². The second-order valence-electron chi connectivity index (χ2n) is 4.38. The van der Waals surface area contributed by atoms with E-state index in [4.69, 9.17) is 0 Å². The molecule has 1 saturated carbocycles. The molecule has 0 aromatic heterocycles.